The molecule has 1 fully saturated rings. The summed E-state index contributed by atoms with van der Waals surface area (Å²) in [5.74, 6) is 0.840. The van der Waals surface area contributed by atoms with Crippen molar-refractivity contribution in [1.82, 2.24) is 0 Å². The molecule has 0 aromatic carbocycles. The van der Waals surface area contributed by atoms with Crippen LogP contribution in [-0.4, -0.2) is 33.5 Å². The zero-order chi connectivity index (χ0) is 11.1. The number of hydrogen-bond acceptors (Lipinski definition) is 3. The summed E-state index contributed by atoms with van der Waals surface area (Å²) in [7, 11) is 1.70. The van der Waals surface area contributed by atoms with Gasteiger partial charge in [-0.15, -0.1) is 0 Å². The number of nitrogens with two attached hydrogens (primary N) is 1. The molecular weight excluding hydrogens is 190 g/mol. The van der Waals surface area contributed by atoms with Gasteiger partial charge in [-0.1, -0.05) is 13.3 Å². The van der Waals surface area contributed by atoms with Crippen molar-refractivity contribution >= 4 is 0 Å². The Balaban J connectivity index is 2.17. The van der Waals surface area contributed by atoms with Crippen molar-refractivity contribution in [2.45, 2.75) is 32.6 Å². The predicted molar refractivity (Wildman–Crippen MR) is 61.8 cm³/mol. The summed E-state index contributed by atoms with van der Waals surface area (Å²) < 4.78 is 10.5. The monoisotopic (exact) mass is 215 g/mol. The van der Waals surface area contributed by atoms with Gasteiger partial charge in [-0.3, -0.25) is 0 Å². The minimum absolute atomic E-state index is 0.368. The minimum atomic E-state index is 0.368. The Hall–Kier alpha value is -0.120. The highest BCUT2D eigenvalue weighted by molar-refractivity contribution is 4.88. The van der Waals surface area contributed by atoms with Crippen LogP contribution in [-0.2, 0) is 9.47 Å². The minimum Gasteiger partial charge on any atom is -0.382 e. The lowest BCUT2D eigenvalue weighted by atomic mass is 9.82. The van der Waals surface area contributed by atoms with Gasteiger partial charge >= 0.3 is 0 Å². The molecular formula is C12H25NO2. The second-order valence-electron chi connectivity index (χ2n) is 4.91. The molecule has 0 aromatic heterocycles. The summed E-state index contributed by atoms with van der Waals surface area (Å²) in [5.41, 5.74) is 6.26. The van der Waals surface area contributed by atoms with Gasteiger partial charge in [-0.2, -0.15) is 0 Å². The van der Waals surface area contributed by atoms with E-state index in [0.717, 1.165) is 25.5 Å². The molecule has 1 aliphatic rings. The fourth-order valence-electron chi connectivity index (χ4n) is 2.54. The Labute approximate surface area is 93.3 Å². The van der Waals surface area contributed by atoms with Gasteiger partial charge in [0.05, 0.1) is 13.2 Å². The first-order valence-electron chi connectivity index (χ1n) is 5.99. The molecule has 1 rings (SSSR count). The number of hydrogen-bond donors (Lipinski definition) is 1. The molecule has 0 amide bonds. The highest BCUT2D eigenvalue weighted by Gasteiger charge is 2.35. The Bertz CT molecular complexity index is 175. The highest BCUT2D eigenvalue weighted by Crippen LogP contribution is 2.43. The molecule has 0 aromatic rings. The predicted octanol–water partition coefficient (Wildman–Crippen LogP) is 1.80. The number of rotatable bonds is 7. The van der Waals surface area contributed by atoms with Crippen LogP contribution in [0.25, 0.3) is 0 Å². The Morgan fingerprint density at radius 3 is 2.67 bits per heavy atom. The summed E-state index contributed by atoms with van der Waals surface area (Å²) in [6.45, 7) is 5.35. The van der Waals surface area contributed by atoms with Gasteiger partial charge in [0.1, 0.15) is 0 Å². The summed E-state index contributed by atoms with van der Waals surface area (Å²) in [4.78, 5) is 0. The third kappa shape index (κ3) is 4.09. The first-order chi connectivity index (χ1) is 7.22. The van der Waals surface area contributed by atoms with E-state index in [1.54, 1.807) is 7.11 Å². The van der Waals surface area contributed by atoms with E-state index in [1.165, 1.54) is 19.3 Å². The van der Waals surface area contributed by atoms with Gasteiger partial charge in [-0.05, 0) is 37.1 Å². The summed E-state index contributed by atoms with van der Waals surface area (Å²) in [5, 5.41) is 0. The average Bonchev–Trinajstić information content (AvgIpc) is 2.61. The Morgan fingerprint density at radius 1 is 1.33 bits per heavy atom. The van der Waals surface area contributed by atoms with Crippen molar-refractivity contribution in [2.75, 3.05) is 33.5 Å². The van der Waals surface area contributed by atoms with Crippen molar-refractivity contribution in [3.05, 3.63) is 0 Å². The lowest BCUT2D eigenvalue weighted by Gasteiger charge is -2.27. The van der Waals surface area contributed by atoms with E-state index in [4.69, 9.17) is 15.2 Å². The number of methoxy groups -OCH3 is 1. The normalized spacial score (nSPS) is 31.0. The first-order valence-corrected chi connectivity index (χ1v) is 5.99. The van der Waals surface area contributed by atoms with E-state index in [2.05, 4.69) is 6.92 Å². The smallest absolute Gasteiger partial charge is 0.0700 e. The van der Waals surface area contributed by atoms with E-state index >= 15 is 0 Å². The molecule has 3 heteroatoms. The zero-order valence-electron chi connectivity index (χ0n) is 10.1. The molecule has 0 heterocycles. The summed E-state index contributed by atoms with van der Waals surface area (Å²) in [6.07, 6.45) is 4.99. The average molecular weight is 215 g/mol. The molecule has 2 atom stereocenters. The maximum absolute atomic E-state index is 5.89. The molecule has 1 aliphatic carbocycles. The van der Waals surface area contributed by atoms with Crippen molar-refractivity contribution in [3.8, 4) is 0 Å². The lowest BCUT2D eigenvalue weighted by Crippen LogP contribution is -2.29. The highest BCUT2D eigenvalue weighted by atomic mass is 16.5. The molecule has 0 bridgehead atoms. The molecule has 0 radical (unpaired) electrons. The molecule has 2 N–H and O–H groups in total. The van der Waals surface area contributed by atoms with Crippen LogP contribution in [0.15, 0.2) is 0 Å². The summed E-state index contributed by atoms with van der Waals surface area (Å²) in [6, 6.07) is 0. The molecule has 0 saturated heterocycles. The van der Waals surface area contributed by atoms with E-state index in [1.807, 2.05) is 0 Å². The number of ether oxygens (including phenoxy) is 2. The molecule has 1 saturated carbocycles. The largest absolute Gasteiger partial charge is 0.382 e. The van der Waals surface area contributed by atoms with Gasteiger partial charge in [-0.25, -0.2) is 0 Å². The van der Waals surface area contributed by atoms with Crippen LogP contribution in [0.3, 0.4) is 0 Å². The maximum atomic E-state index is 5.89. The van der Waals surface area contributed by atoms with Gasteiger partial charge in [0, 0.05) is 13.7 Å². The van der Waals surface area contributed by atoms with Gasteiger partial charge < -0.3 is 15.2 Å². The molecule has 90 valence electrons. The zero-order valence-corrected chi connectivity index (χ0v) is 10.1. The standard InChI is InChI=1S/C12H25NO2/c1-11-3-4-12(9-11,10-13)5-6-15-8-7-14-2/h11H,3-10,13H2,1-2H3. The van der Waals surface area contributed by atoms with Crippen LogP contribution >= 0.6 is 0 Å². The topological polar surface area (TPSA) is 44.5 Å². The Morgan fingerprint density at radius 2 is 2.13 bits per heavy atom. The molecule has 2 unspecified atom stereocenters. The Kier molecular flexibility index (Phi) is 5.58. The van der Waals surface area contributed by atoms with Crippen LogP contribution in [0.5, 0.6) is 0 Å². The second-order valence-corrected chi connectivity index (χ2v) is 4.91. The molecule has 15 heavy (non-hydrogen) atoms. The fraction of sp³-hybridized carbons (Fsp3) is 1.00. The van der Waals surface area contributed by atoms with Crippen LogP contribution in [0.4, 0.5) is 0 Å². The SMILES string of the molecule is COCCOCCC1(CN)CCC(C)C1. The van der Waals surface area contributed by atoms with Crippen molar-refractivity contribution in [1.29, 1.82) is 0 Å². The van der Waals surface area contributed by atoms with Crippen molar-refractivity contribution in [2.24, 2.45) is 17.1 Å². The van der Waals surface area contributed by atoms with E-state index in [9.17, 15) is 0 Å². The fourth-order valence-corrected chi connectivity index (χ4v) is 2.54. The van der Waals surface area contributed by atoms with Crippen molar-refractivity contribution < 1.29 is 9.47 Å². The van der Waals surface area contributed by atoms with Gasteiger partial charge in [0.2, 0.25) is 0 Å². The van der Waals surface area contributed by atoms with E-state index in [-0.39, 0.29) is 0 Å². The van der Waals surface area contributed by atoms with Crippen LogP contribution in [0.1, 0.15) is 32.6 Å². The first kappa shape index (κ1) is 12.9. The maximum Gasteiger partial charge on any atom is 0.0700 e. The van der Waals surface area contributed by atoms with Crippen LogP contribution in [0, 0.1) is 11.3 Å². The molecule has 0 spiro atoms. The lowest BCUT2D eigenvalue weighted by molar-refractivity contribution is 0.0523. The molecule has 3 nitrogen and oxygen atoms in total. The molecule has 0 aliphatic heterocycles. The summed E-state index contributed by atoms with van der Waals surface area (Å²) >= 11 is 0. The quantitative estimate of drug-likeness (QED) is 0.659. The third-order valence-electron chi connectivity index (χ3n) is 3.59. The van der Waals surface area contributed by atoms with E-state index in [0.29, 0.717) is 18.6 Å². The third-order valence-corrected chi connectivity index (χ3v) is 3.59. The van der Waals surface area contributed by atoms with Gasteiger partial charge in [0.15, 0.2) is 0 Å². The van der Waals surface area contributed by atoms with E-state index < -0.39 is 0 Å². The van der Waals surface area contributed by atoms with Crippen molar-refractivity contribution in [3.63, 3.8) is 0 Å². The van der Waals surface area contributed by atoms with Crippen LogP contribution < -0.4 is 5.73 Å². The van der Waals surface area contributed by atoms with Crippen LogP contribution in [0.2, 0.25) is 0 Å². The van der Waals surface area contributed by atoms with Gasteiger partial charge in [0.25, 0.3) is 0 Å². The second kappa shape index (κ2) is 6.46.